The molecule has 1 saturated heterocycles. The second-order valence-electron chi connectivity index (χ2n) is 9.78. The molecule has 23 heavy (non-hydrogen) atoms. The van der Waals surface area contributed by atoms with E-state index in [9.17, 15) is 5.11 Å². The maximum atomic E-state index is 11.2. The molecule has 3 saturated carbocycles. The molecule has 4 aliphatic rings. The molecule has 3 heteroatoms. The Morgan fingerprint density at radius 3 is 2.52 bits per heavy atom. The summed E-state index contributed by atoms with van der Waals surface area (Å²) in [5.41, 5.74) is 1.09. The Labute approximate surface area is 149 Å². The van der Waals surface area contributed by atoms with Crippen LogP contribution in [0, 0.1) is 22.2 Å². The van der Waals surface area contributed by atoms with E-state index in [1.165, 1.54) is 5.57 Å². The first-order chi connectivity index (χ1) is 10.6. The van der Waals surface area contributed by atoms with E-state index >= 15 is 0 Å². The third-order valence-corrected chi connectivity index (χ3v) is 9.99. The fraction of sp³-hybridized carbons (Fsp3) is 0.900. The Balaban J connectivity index is 1.84. The summed E-state index contributed by atoms with van der Waals surface area (Å²) < 4.78 is 6.63. The summed E-state index contributed by atoms with van der Waals surface area (Å²) in [5, 5.41) is 11.2. The number of aliphatic hydroxyl groups is 1. The molecule has 0 amide bonds. The van der Waals surface area contributed by atoms with Crippen LogP contribution in [0.25, 0.3) is 0 Å². The fourth-order valence-corrected chi connectivity index (χ4v) is 7.62. The molecule has 4 fully saturated rings. The monoisotopic (exact) mass is 382 g/mol. The summed E-state index contributed by atoms with van der Waals surface area (Å²) in [6, 6.07) is 0. The zero-order valence-corrected chi connectivity index (χ0v) is 16.6. The zero-order valence-electron chi connectivity index (χ0n) is 15.0. The van der Waals surface area contributed by atoms with E-state index in [1.807, 2.05) is 0 Å². The molecule has 7 atom stereocenters. The fourth-order valence-electron chi connectivity index (χ4n) is 6.88. The van der Waals surface area contributed by atoms with Crippen molar-refractivity contribution in [1.82, 2.24) is 0 Å². The Hall–Kier alpha value is 0.140. The van der Waals surface area contributed by atoms with Crippen molar-refractivity contribution < 1.29 is 9.84 Å². The van der Waals surface area contributed by atoms with Crippen LogP contribution in [0.5, 0.6) is 0 Å². The SMILES string of the molecule is C=C1CC[C@@H]2O[C@@H]3C[C@@]4(C)C(C[C@]13C2(C)C)[C@](C)(O)CC[C@@H]4Br. The average molecular weight is 383 g/mol. The lowest BCUT2D eigenvalue weighted by atomic mass is 9.42. The maximum Gasteiger partial charge on any atom is 0.0684 e. The van der Waals surface area contributed by atoms with Gasteiger partial charge in [0.1, 0.15) is 0 Å². The summed E-state index contributed by atoms with van der Waals surface area (Å²) in [7, 11) is 0. The zero-order chi connectivity index (χ0) is 16.8. The van der Waals surface area contributed by atoms with E-state index in [1.54, 1.807) is 0 Å². The van der Waals surface area contributed by atoms with Gasteiger partial charge in [-0.1, -0.05) is 48.9 Å². The van der Waals surface area contributed by atoms with Crippen LogP contribution in [0.1, 0.15) is 66.2 Å². The van der Waals surface area contributed by atoms with Crippen molar-refractivity contribution in [2.75, 3.05) is 0 Å². The van der Waals surface area contributed by atoms with Crippen LogP contribution in [0.2, 0.25) is 0 Å². The molecule has 4 rings (SSSR count). The molecule has 2 bridgehead atoms. The Kier molecular flexibility index (Phi) is 3.35. The van der Waals surface area contributed by atoms with Gasteiger partial charge in [-0.2, -0.15) is 0 Å². The number of rotatable bonds is 0. The van der Waals surface area contributed by atoms with Gasteiger partial charge in [-0.05, 0) is 56.8 Å². The van der Waals surface area contributed by atoms with E-state index < -0.39 is 5.60 Å². The first-order valence-electron chi connectivity index (χ1n) is 9.26. The summed E-state index contributed by atoms with van der Waals surface area (Å²) in [6.07, 6.45) is 6.84. The normalized spacial score (nSPS) is 57.7. The molecule has 2 nitrogen and oxygen atoms in total. The molecular weight excluding hydrogens is 352 g/mol. The van der Waals surface area contributed by atoms with Crippen LogP contribution >= 0.6 is 15.9 Å². The van der Waals surface area contributed by atoms with Crippen molar-refractivity contribution in [2.45, 2.75) is 88.9 Å². The van der Waals surface area contributed by atoms with E-state index in [2.05, 4.69) is 50.2 Å². The highest BCUT2D eigenvalue weighted by Gasteiger charge is 2.71. The van der Waals surface area contributed by atoms with Gasteiger partial charge in [0.25, 0.3) is 0 Å². The van der Waals surface area contributed by atoms with Gasteiger partial charge < -0.3 is 9.84 Å². The minimum atomic E-state index is -0.579. The lowest BCUT2D eigenvalue weighted by molar-refractivity contribution is -0.160. The minimum absolute atomic E-state index is 0.0497. The molecule has 1 spiro atoms. The number of alkyl halides is 1. The van der Waals surface area contributed by atoms with Gasteiger partial charge in [0.05, 0.1) is 17.8 Å². The summed E-state index contributed by atoms with van der Waals surface area (Å²) >= 11 is 3.96. The number of hydrogen-bond donors (Lipinski definition) is 1. The van der Waals surface area contributed by atoms with Crippen molar-refractivity contribution in [1.29, 1.82) is 0 Å². The van der Waals surface area contributed by atoms with Gasteiger partial charge in [0, 0.05) is 15.7 Å². The number of halogens is 1. The average Bonchev–Trinajstić information content (AvgIpc) is 2.57. The molecule has 0 radical (unpaired) electrons. The maximum absolute atomic E-state index is 11.2. The van der Waals surface area contributed by atoms with Crippen LogP contribution in [0.4, 0.5) is 0 Å². The number of ether oxygens (including phenoxy) is 1. The number of fused-ring (bicyclic) bond motifs is 2. The summed E-state index contributed by atoms with van der Waals surface area (Å²) in [6.45, 7) is 13.7. The van der Waals surface area contributed by atoms with Crippen molar-refractivity contribution in [3.8, 4) is 0 Å². The molecular formula is C20H31BrO2. The van der Waals surface area contributed by atoms with Crippen LogP contribution in [-0.2, 0) is 4.74 Å². The topological polar surface area (TPSA) is 29.5 Å². The standard InChI is InChI=1S/C20H31BrO2/c1-12-6-7-15-17(2,3)20(12)10-13-18(4,11-16(20)23-15)14(21)8-9-19(13,5)22/h13-16,22H,1,6-11H2,2-5H3/t13?,14-,15-,16+,18-,19+,20-/m0/s1. The van der Waals surface area contributed by atoms with Crippen LogP contribution < -0.4 is 0 Å². The highest BCUT2D eigenvalue weighted by Crippen LogP contribution is 2.72. The largest absolute Gasteiger partial charge is 0.390 e. The second-order valence-corrected chi connectivity index (χ2v) is 10.9. The van der Waals surface area contributed by atoms with Crippen molar-refractivity contribution in [3.63, 3.8) is 0 Å². The predicted octanol–water partition coefficient (Wildman–Crippen LogP) is 4.84. The van der Waals surface area contributed by atoms with Crippen LogP contribution in [-0.4, -0.2) is 27.7 Å². The second kappa shape index (κ2) is 4.65. The van der Waals surface area contributed by atoms with Gasteiger partial charge in [0.15, 0.2) is 0 Å². The van der Waals surface area contributed by atoms with Gasteiger partial charge in [-0.15, -0.1) is 0 Å². The molecule has 1 aliphatic heterocycles. The highest BCUT2D eigenvalue weighted by molar-refractivity contribution is 9.09. The Morgan fingerprint density at radius 2 is 1.83 bits per heavy atom. The first-order valence-corrected chi connectivity index (χ1v) is 10.2. The van der Waals surface area contributed by atoms with E-state index in [4.69, 9.17) is 4.74 Å². The molecule has 0 aromatic heterocycles. The third kappa shape index (κ3) is 1.83. The van der Waals surface area contributed by atoms with E-state index in [-0.39, 0.29) is 22.3 Å². The summed E-state index contributed by atoms with van der Waals surface area (Å²) in [5.74, 6) is 0.306. The lowest BCUT2D eigenvalue weighted by Crippen LogP contribution is -2.63. The van der Waals surface area contributed by atoms with Gasteiger partial charge in [0.2, 0.25) is 0 Å². The first kappa shape index (κ1) is 16.6. The van der Waals surface area contributed by atoms with Crippen molar-refractivity contribution in [2.24, 2.45) is 22.2 Å². The van der Waals surface area contributed by atoms with Crippen molar-refractivity contribution >= 4 is 15.9 Å². The lowest BCUT2D eigenvalue weighted by Gasteiger charge is -2.63. The summed E-state index contributed by atoms with van der Waals surface area (Å²) in [4.78, 5) is 0.470. The van der Waals surface area contributed by atoms with Gasteiger partial charge in [-0.3, -0.25) is 0 Å². The molecule has 0 aromatic carbocycles. The molecule has 1 N–H and O–H groups in total. The predicted molar refractivity (Wildman–Crippen MR) is 96.7 cm³/mol. The van der Waals surface area contributed by atoms with Crippen LogP contribution in [0.15, 0.2) is 12.2 Å². The third-order valence-electron chi connectivity index (χ3n) is 8.49. The van der Waals surface area contributed by atoms with Crippen molar-refractivity contribution in [3.05, 3.63) is 12.2 Å². The van der Waals surface area contributed by atoms with E-state index in [0.29, 0.717) is 16.8 Å². The number of hydrogen-bond acceptors (Lipinski definition) is 2. The quantitative estimate of drug-likeness (QED) is 0.479. The van der Waals surface area contributed by atoms with Gasteiger partial charge >= 0.3 is 0 Å². The molecule has 1 unspecified atom stereocenters. The highest BCUT2D eigenvalue weighted by atomic mass is 79.9. The van der Waals surface area contributed by atoms with Gasteiger partial charge in [-0.25, -0.2) is 0 Å². The molecule has 3 aliphatic carbocycles. The molecule has 1 heterocycles. The molecule has 0 aromatic rings. The van der Waals surface area contributed by atoms with E-state index in [0.717, 1.165) is 38.5 Å². The Bertz CT molecular complexity index is 554. The molecule has 130 valence electrons. The minimum Gasteiger partial charge on any atom is -0.390 e. The van der Waals surface area contributed by atoms with Crippen LogP contribution in [0.3, 0.4) is 0 Å². The Morgan fingerprint density at radius 1 is 1.13 bits per heavy atom. The smallest absolute Gasteiger partial charge is 0.0684 e.